The Morgan fingerprint density at radius 2 is 2.00 bits per heavy atom. The lowest BCUT2D eigenvalue weighted by Gasteiger charge is -2.19. The summed E-state index contributed by atoms with van der Waals surface area (Å²) in [5.41, 5.74) is 1.07. The number of nitrogens with zero attached hydrogens (tertiary/aromatic N) is 1. The van der Waals surface area contributed by atoms with Crippen LogP contribution in [0.4, 0.5) is 14.9 Å². The predicted octanol–water partition coefficient (Wildman–Crippen LogP) is 3.25. The first-order valence-corrected chi connectivity index (χ1v) is 6.71. The van der Waals surface area contributed by atoms with Gasteiger partial charge in [0.05, 0.1) is 0 Å². The van der Waals surface area contributed by atoms with E-state index >= 15 is 0 Å². The third kappa shape index (κ3) is 3.35. The van der Waals surface area contributed by atoms with Gasteiger partial charge in [-0.3, -0.25) is 5.21 Å². The first kappa shape index (κ1) is 15.8. The van der Waals surface area contributed by atoms with Gasteiger partial charge in [0.1, 0.15) is 23.9 Å². The van der Waals surface area contributed by atoms with E-state index in [9.17, 15) is 14.4 Å². The molecule has 0 aliphatic carbocycles. The van der Waals surface area contributed by atoms with Crippen LogP contribution < -0.4 is 15.1 Å². The third-order valence-electron chi connectivity index (χ3n) is 3.17. The second kappa shape index (κ2) is 6.91. The lowest BCUT2D eigenvalue weighted by Crippen LogP contribution is -2.36. The van der Waals surface area contributed by atoms with Crippen molar-refractivity contribution in [2.75, 3.05) is 12.1 Å². The van der Waals surface area contributed by atoms with Crippen LogP contribution in [0.5, 0.6) is 5.75 Å². The van der Waals surface area contributed by atoms with E-state index in [0.29, 0.717) is 11.3 Å². The molecule has 0 aromatic heterocycles. The molecule has 0 heterocycles. The van der Waals surface area contributed by atoms with Crippen molar-refractivity contribution in [3.05, 3.63) is 59.4 Å². The summed E-state index contributed by atoms with van der Waals surface area (Å²) in [5.74, 6) is -0.0564. The van der Waals surface area contributed by atoms with Crippen LogP contribution in [0.1, 0.15) is 11.1 Å². The molecule has 0 bridgehead atoms. The molecule has 0 aliphatic heterocycles. The van der Waals surface area contributed by atoms with Crippen molar-refractivity contribution >= 4 is 11.7 Å². The summed E-state index contributed by atoms with van der Waals surface area (Å²) in [6.45, 7) is 1.91. The maximum Gasteiger partial charge on any atom is 0.345 e. The van der Waals surface area contributed by atoms with E-state index in [1.54, 1.807) is 12.1 Å². The number of aryl methyl sites for hydroxylation is 1. The molecule has 5 nitrogen and oxygen atoms in total. The number of para-hydroxylation sites is 2. The number of hydrogen-bond donors (Lipinski definition) is 2. The molecule has 2 amide bonds. The standard InChI is InChI=1S/C16H17FN2O3/c1-11-6-3-4-9-14(11)22-10-12-7-5-8-13(17)15(12)19(21)16(20)18-2/h3-9,21H,10H2,1-2H3,(H,18,20). The van der Waals surface area contributed by atoms with E-state index in [-0.39, 0.29) is 17.4 Å². The fraction of sp³-hybridized carbons (Fsp3) is 0.188. The highest BCUT2D eigenvalue weighted by atomic mass is 19.1. The van der Waals surface area contributed by atoms with Gasteiger partial charge in [-0.1, -0.05) is 30.3 Å². The zero-order chi connectivity index (χ0) is 16.1. The zero-order valence-corrected chi connectivity index (χ0v) is 12.3. The normalized spacial score (nSPS) is 10.2. The molecule has 2 aromatic carbocycles. The van der Waals surface area contributed by atoms with Crippen molar-refractivity contribution in [3.8, 4) is 5.75 Å². The largest absolute Gasteiger partial charge is 0.489 e. The van der Waals surface area contributed by atoms with Gasteiger partial charge in [-0.15, -0.1) is 0 Å². The summed E-state index contributed by atoms with van der Waals surface area (Å²) in [6, 6.07) is 10.8. The van der Waals surface area contributed by atoms with Crippen LogP contribution >= 0.6 is 0 Å². The lowest BCUT2D eigenvalue weighted by molar-refractivity contribution is 0.204. The van der Waals surface area contributed by atoms with Crippen molar-refractivity contribution in [1.29, 1.82) is 0 Å². The van der Waals surface area contributed by atoms with Crippen LogP contribution in [0.25, 0.3) is 0 Å². The molecule has 22 heavy (non-hydrogen) atoms. The summed E-state index contributed by atoms with van der Waals surface area (Å²) in [5, 5.41) is 12.3. The number of ether oxygens (including phenoxy) is 1. The fourth-order valence-electron chi connectivity index (χ4n) is 1.99. The Bertz CT molecular complexity index is 676. The SMILES string of the molecule is CNC(=O)N(O)c1c(F)cccc1COc1ccccc1C. The molecule has 0 unspecified atom stereocenters. The van der Waals surface area contributed by atoms with E-state index in [2.05, 4.69) is 5.32 Å². The quantitative estimate of drug-likeness (QED) is 0.673. The number of rotatable bonds is 4. The van der Waals surface area contributed by atoms with Gasteiger partial charge in [-0.2, -0.15) is 5.06 Å². The zero-order valence-electron chi connectivity index (χ0n) is 12.3. The molecule has 0 saturated carbocycles. The van der Waals surface area contributed by atoms with Gasteiger partial charge in [-0.25, -0.2) is 9.18 Å². The number of anilines is 1. The van der Waals surface area contributed by atoms with E-state index < -0.39 is 11.8 Å². The van der Waals surface area contributed by atoms with Crippen LogP contribution in [-0.2, 0) is 6.61 Å². The molecule has 2 N–H and O–H groups in total. The summed E-state index contributed by atoms with van der Waals surface area (Å²) in [4.78, 5) is 11.5. The Hall–Kier alpha value is -2.60. The van der Waals surface area contributed by atoms with E-state index in [1.807, 2.05) is 25.1 Å². The number of carbonyl (C=O) groups excluding carboxylic acids is 1. The molecular formula is C16H17FN2O3. The highest BCUT2D eigenvalue weighted by Crippen LogP contribution is 2.26. The van der Waals surface area contributed by atoms with Gasteiger partial charge >= 0.3 is 6.03 Å². The molecule has 116 valence electrons. The number of benzene rings is 2. The van der Waals surface area contributed by atoms with Crippen LogP contribution in [0, 0.1) is 12.7 Å². The number of urea groups is 1. The monoisotopic (exact) mass is 304 g/mol. The summed E-state index contributed by atoms with van der Waals surface area (Å²) >= 11 is 0. The number of nitrogens with one attached hydrogen (secondary N) is 1. The molecule has 0 fully saturated rings. The van der Waals surface area contributed by atoms with Gasteiger partial charge in [-0.05, 0) is 24.6 Å². The molecule has 0 spiro atoms. The molecule has 6 heteroatoms. The first-order chi connectivity index (χ1) is 10.5. The number of halogens is 1. The average molecular weight is 304 g/mol. The van der Waals surface area contributed by atoms with Crippen molar-refractivity contribution in [2.24, 2.45) is 0 Å². The molecule has 2 aromatic rings. The number of hydroxylamine groups is 1. The average Bonchev–Trinajstić information content (AvgIpc) is 2.52. The highest BCUT2D eigenvalue weighted by Gasteiger charge is 2.20. The van der Waals surface area contributed by atoms with Gasteiger partial charge in [0.15, 0.2) is 0 Å². The smallest absolute Gasteiger partial charge is 0.345 e. The van der Waals surface area contributed by atoms with Crippen LogP contribution in [0.3, 0.4) is 0 Å². The van der Waals surface area contributed by atoms with Gasteiger partial charge < -0.3 is 10.1 Å². The highest BCUT2D eigenvalue weighted by molar-refractivity contribution is 5.90. The Labute approximate surface area is 127 Å². The minimum Gasteiger partial charge on any atom is -0.489 e. The minimum absolute atomic E-state index is 0.0198. The second-order valence-corrected chi connectivity index (χ2v) is 4.67. The Balaban J connectivity index is 2.26. The van der Waals surface area contributed by atoms with Crippen molar-refractivity contribution in [2.45, 2.75) is 13.5 Å². The van der Waals surface area contributed by atoms with E-state index in [4.69, 9.17) is 4.74 Å². The van der Waals surface area contributed by atoms with Crippen LogP contribution in [0.2, 0.25) is 0 Å². The van der Waals surface area contributed by atoms with Gasteiger partial charge in [0, 0.05) is 12.6 Å². The van der Waals surface area contributed by atoms with Crippen molar-refractivity contribution in [1.82, 2.24) is 5.32 Å². The maximum absolute atomic E-state index is 14.0. The van der Waals surface area contributed by atoms with Gasteiger partial charge in [0.25, 0.3) is 0 Å². The third-order valence-corrected chi connectivity index (χ3v) is 3.17. The molecule has 2 rings (SSSR count). The number of carbonyl (C=O) groups is 1. The fourth-order valence-corrected chi connectivity index (χ4v) is 1.99. The predicted molar refractivity (Wildman–Crippen MR) is 80.6 cm³/mol. The maximum atomic E-state index is 14.0. The van der Waals surface area contributed by atoms with Crippen molar-refractivity contribution < 1.29 is 19.1 Å². The molecule has 0 saturated heterocycles. The van der Waals surface area contributed by atoms with Gasteiger partial charge in [0.2, 0.25) is 0 Å². The van der Waals surface area contributed by atoms with Crippen molar-refractivity contribution in [3.63, 3.8) is 0 Å². The Kier molecular flexibility index (Phi) is 4.95. The number of hydrogen-bond acceptors (Lipinski definition) is 3. The summed E-state index contributed by atoms with van der Waals surface area (Å²) < 4.78 is 19.6. The van der Waals surface area contributed by atoms with Crippen LogP contribution in [-0.4, -0.2) is 18.3 Å². The topological polar surface area (TPSA) is 61.8 Å². The summed E-state index contributed by atoms with van der Waals surface area (Å²) in [7, 11) is 1.34. The minimum atomic E-state index is -0.831. The first-order valence-electron chi connectivity index (χ1n) is 6.71. The lowest BCUT2D eigenvalue weighted by atomic mass is 10.1. The van der Waals surface area contributed by atoms with E-state index in [0.717, 1.165) is 5.56 Å². The Morgan fingerprint density at radius 1 is 1.27 bits per heavy atom. The van der Waals surface area contributed by atoms with Crippen LogP contribution in [0.15, 0.2) is 42.5 Å². The number of amides is 2. The van der Waals surface area contributed by atoms with E-state index in [1.165, 1.54) is 19.2 Å². The Morgan fingerprint density at radius 3 is 2.68 bits per heavy atom. The second-order valence-electron chi connectivity index (χ2n) is 4.67. The molecule has 0 radical (unpaired) electrons. The molecule has 0 atom stereocenters. The molecule has 0 aliphatic rings. The molecular weight excluding hydrogens is 287 g/mol. The summed E-state index contributed by atoms with van der Waals surface area (Å²) in [6.07, 6.45) is 0.